The van der Waals surface area contributed by atoms with Crippen LogP contribution in [0.15, 0.2) is 28.7 Å². The third kappa shape index (κ3) is 5.85. The number of carbonyl (C=O) groups is 1. The Hall–Kier alpha value is -0.710. The van der Waals surface area contributed by atoms with Gasteiger partial charge in [-0.1, -0.05) is 28.1 Å². The SMILES string of the molecule is CC(C)N(CCO)CCCC(=O)c1ccc(Br)cc1. The Bertz CT molecular complexity index is 390. The fourth-order valence-electron chi connectivity index (χ4n) is 1.98. The molecule has 0 atom stereocenters. The molecule has 1 N–H and O–H groups in total. The zero-order valence-corrected chi connectivity index (χ0v) is 13.2. The number of ketones is 1. The normalized spacial score (nSPS) is 11.3. The number of benzene rings is 1. The maximum absolute atomic E-state index is 12.0. The molecule has 1 aromatic carbocycles. The van der Waals surface area contributed by atoms with E-state index >= 15 is 0 Å². The highest BCUT2D eigenvalue weighted by Crippen LogP contribution is 2.13. The van der Waals surface area contributed by atoms with E-state index in [1.54, 1.807) is 0 Å². The van der Waals surface area contributed by atoms with Crippen LogP contribution in [0.1, 0.15) is 37.0 Å². The summed E-state index contributed by atoms with van der Waals surface area (Å²) in [5, 5.41) is 8.99. The third-order valence-electron chi connectivity index (χ3n) is 3.13. The largest absolute Gasteiger partial charge is 0.395 e. The average molecular weight is 328 g/mol. The Morgan fingerprint density at radius 3 is 2.42 bits per heavy atom. The van der Waals surface area contributed by atoms with Crippen molar-refractivity contribution in [2.24, 2.45) is 0 Å². The highest BCUT2D eigenvalue weighted by Gasteiger charge is 2.10. The lowest BCUT2D eigenvalue weighted by Crippen LogP contribution is -2.34. The van der Waals surface area contributed by atoms with Gasteiger partial charge in [0.2, 0.25) is 0 Å². The van der Waals surface area contributed by atoms with E-state index in [-0.39, 0.29) is 12.4 Å². The van der Waals surface area contributed by atoms with Gasteiger partial charge < -0.3 is 5.11 Å². The van der Waals surface area contributed by atoms with E-state index in [1.165, 1.54) is 0 Å². The van der Waals surface area contributed by atoms with E-state index in [1.807, 2.05) is 24.3 Å². The van der Waals surface area contributed by atoms with Gasteiger partial charge in [0.25, 0.3) is 0 Å². The Kier molecular flexibility index (Phi) is 7.28. The molecule has 0 radical (unpaired) electrons. The predicted molar refractivity (Wildman–Crippen MR) is 81.5 cm³/mol. The van der Waals surface area contributed by atoms with Crippen molar-refractivity contribution in [3.05, 3.63) is 34.3 Å². The fraction of sp³-hybridized carbons (Fsp3) is 0.533. The average Bonchev–Trinajstić information content (AvgIpc) is 2.38. The lowest BCUT2D eigenvalue weighted by molar-refractivity contribution is 0.0968. The molecule has 106 valence electrons. The minimum absolute atomic E-state index is 0.166. The van der Waals surface area contributed by atoms with Crippen LogP contribution in [0.25, 0.3) is 0 Å². The van der Waals surface area contributed by atoms with Crippen LogP contribution in [0.4, 0.5) is 0 Å². The number of carbonyl (C=O) groups excluding carboxylic acids is 1. The van der Waals surface area contributed by atoms with Crippen molar-refractivity contribution in [3.63, 3.8) is 0 Å². The number of hydrogen-bond donors (Lipinski definition) is 1. The van der Waals surface area contributed by atoms with Gasteiger partial charge in [-0.25, -0.2) is 0 Å². The van der Waals surface area contributed by atoms with Crippen molar-refractivity contribution >= 4 is 21.7 Å². The topological polar surface area (TPSA) is 40.5 Å². The minimum Gasteiger partial charge on any atom is -0.395 e. The summed E-state index contributed by atoms with van der Waals surface area (Å²) >= 11 is 3.36. The number of hydrogen-bond acceptors (Lipinski definition) is 3. The molecule has 4 heteroatoms. The lowest BCUT2D eigenvalue weighted by atomic mass is 10.1. The maximum atomic E-state index is 12.0. The first-order valence-corrected chi connectivity index (χ1v) is 7.47. The van der Waals surface area contributed by atoms with E-state index in [0.717, 1.165) is 23.0 Å². The van der Waals surface area contributed by atoms with E-state index < -0.39 is 0 Å². The van der Waals surface area contributed by atoms with Crippen molar-refractivity contribution < 1.29 is 9.90 Å². The summed E-state index contributed by atoms with van der Waals surface area (Å²) in [5.74, 6) is 0.181. The highest BCUT2D eigenvalue weighted by atomic mass is 79.9. The number of halogens is 1. The van der Waals surface area contributed by atoms with Crippen LogP contribution in [0.5, 0.6) is 0 Å². The molecule has 0 aliphatic heterocycles. The van der Waals surface area contributed by atoms with Gasteiger partial charge in [-0.05, 0) is 38.9 Å². The Balaban J connectivity index is 2.39. The van der Waals surface area contributed by atoms with E-state index in [2.05, 4.69) is 34.7 Å². The predicted octanol–water partition coefficient (Wildman–Crippen LogP) is 3.11. The van der Waals surface area contributed by atoms with Crippen molar-refractivity contribution in [1.29, 1.82) is 0 Å². The first-order chi connectivity index (χ1) is 9.04. The summed E-state index contributed by atoms with van der Waals surface area (Å²) in [7, 11) is 0. The fourth-order valence-corrected chi connectivity index (χ4v) is 2.24. The van der Waals surface area contributed by atoms with E-state index in [9.17, 15) is 4.79 Å². The molecule has 19 heavy (non-hydrogen) atoms. The molecule has 1 rings (SSSR count). The van der Waals surface area contributed by atoms with Gasteiger partial charge in [-0.2, -0.15) is 0 Å². The van der Waals surface area contributed by atoms with E-state index in [4.69, 9.17) is 5.11 Å². The summed E-state index contributed by atoms with van der Waals surface area (Å²) in [6, 6.07) is 7.87. The summed E-state index contributed by atoms with van der Waals surface area (Å²) in [6.45, 7) is 5.89. The van der Waals surface area contributed by atoms with Crippen molar-refractivity contribution in [1.82, 2.24) is 4.90 Å². The Labute approximate surface area is 123 Å². The smallest absolute Gasteiger partial charge is 0.162 e. The quantitative estimate of drug-likeness (QED) is 0.746. The molecule has 0 unspecified atom stereocenters. The first-order valence-electron chi connectivity index (χ1n) is 6.68. The van der Waals surface area contributed by atoms with Gasteiger partial charge in [0.1, 0.15) is 0 Å². The molecular formula is C15H22BrNO2. The van der Waals surface area contributed by atoms with Gasteiger partial charge in [-0.3, -0.25) is 9.69 Å². The molecule has 0 fully saturated rings. The van der Waals surface area contributed by atoms with Crippen LogP contribution in [0.2, 0.25) is 0 Å². The van der Waals surface area contributed by atoms with Crippen molar-refractivity contribution in [2.75, 3.05) is 19.7 Å². The van der Waals surface area contributed by atoms with Crippen LogP contribution in [0.3, 0.4) is 0 Å². The highest BCUT2D eigenvalue weighted by molar-refractivity contribution is 9.10. The first kappa shape index (κ1) is 16.3. The molecule has 0 spiro atoms. The minimum atomic E-state index is 0.166. The second-order valence-electron chi connectivity index (χ2n) is 4.89. The number of aliphatic hydroxyl groups is 1. The van der Waals surface area contributed by atoms with Gasteiger partial charge in [0.05, 0.1) is 6.61 Å². The summed E-state index contributed by atoms with van der Waals surface area (Å²) in [4.78, 5) is 14.2. The standard InChI is InChI=1S/C15H22BrNO2/c1-12(2)17(10-11-18)9-3-4-15(19)13-5-7-14(16)8-6-13/h5-8,12,18H,3-4,9-11H2,1-2H3. The second-order valence-corrected chi connectivity index (χ2v) is 5.80. The third-order valence-corrected chi connectivity index (χ3v) is 3.66. The molecule has 1 aromatic rings. The maximum Gasteiger partial charge on any atom is 0.162 e. The molecule has 0 saturated carbocycles. The summed E-state index contributed by atoms with van der Waals surface area (Å²) in [6.07, 6.45) is 1.38. The number of nitrogens with zero attached hydrogens (tertiary/aromatic N) is 1. The molecule has 0 aromatic heterocycles. The van der Waals surface area contributed by atoms with Crippen molar-refractivity contribution in [2.45, 2.75) is 32.7 Å². The number of aliphatic hydroxyl groups excluding tert-OH is 1. The number of rotatable bonds is 8. The zero-order chi connectivity index (χ0) is 14.3. The molecule has 0 saturated heterocycles. The van der Waals surface area contributed by atoms with Crippen LogP contribution in [-0.4, -0.2) is 41.5 Å². The van der Waals surface area contributed by atoms with Gasteiger partial charge in [0.15, 0.2) is 5.78 Å². The summed E-state index contributed by atoms with van der Waals surface area (Å²) in [5.41, 5.74) is 0.765. The van der Waals surface area contributed by atoms with Gasteiger partial charge >= 0.3 is 0 Å². The molecule has 0 bridgehead atoms. The van der Waals surface area contributed by atoms with Crippen molar-refractivity contribution in [3.8, 4) is 0 Å². The molecule has 0 aliphatic carbocycles. The lowest BCUT2D eigenvalue weighted by Gasteiger charge is -2.25. The molecule has 0 amide bonds. The Morgan fingerprint density at radius 2 is 1.89 bits per heavy atom. The Morgan fingerprint density at radius 1 is 1.26 bits per heavy atom. The molecular weight excluding hydrogens is 306 g/mol. The molecule has 0 heterocycles. The van der Waals surface area contributed by atoms with Crippen LogP contribution < -0.4 is 0 Å². The number of Topliss-reactive ketones (excluding diaryl/α,β-unsaturated/α-hetero) is 1. The summed E-state index contributed by atoms with van der Waals surface area (Å²) < 4.78 is 0.984. The zero-order valence-electron chi connectivity index (χ0n) is 11.6. The van der Waals surface area contributed by atoms with E-state index in [0.29, 0.717) is 19.0 Å². The monoisotopic (exact) mass is 327 g/mol. The molecule has 3 nitrogen and oxygen atoms in total. The van der Waals surface area contributed by atoms with Crippen LogP contribution in [-0.2, 0) is 0 Å². The van der Waals surface area contributed by atoms with Crippen LogP contribution >= 0.6 is 15.9 Å². The van der Waals surface area contributed by atoms with Gasteiger partial charge in [-0.15, -0.1) is 0 Å². The molecule has 0 aliphatic rings. The van der Waals surface area contributed by atoms with Gasteiger partial charge in [0, 0.05) is 29.0 Å². The second kappa shape index (κ2) is 8.46. The van der Waals surface area contributed by atoms with Crippen LogP contribution in [0, 0.1) is 0 Å².